The van der Waals surface area contributed by atoms with Crippen molar-refractivity contribution in [1.82, 2.24) is 19.5 Å². The highest BCUT2D eigenvalue weighted by molar-refractivity contribution is 5.96. The summed E-state index contributed by atoms with van der Waals surface area (Å²) in [7, 11) is 0. The van der Waals surface area contributed by atoms with Crippen LogP contribution in [0.1, 0.15) is 37.4 Å². The third-order valence-electron chi connectivity index (χ3n) is 5.75. The first-order valence-corrected chi connectivity index (χ1v) is 10.7. The van der Waals surface area contributed by atoms with Gasteiger partial charge >= 0.3 is 5.69 Å². The van der Waals surface area contributed by atoms with Crippen molar-refractivity contribution in [3.8, 4) is 22.8 Å². The first-order chi connectivity index (χ1) is 16.3. The zero-order valence-electron chi connectivity index (χ0n) is 18.3. The standard InChI is InChI=1S/C24H19F2N5O3/c1-11(2)19-21-12(8-9-27-19)6-7-17(32)28-16-5-3-4-14(25)18(16)20-15(26)10-13-22(29-20)31(21)24(34)30-23(13)33/h3-5,8-11H,6-7H2,1-2H3,(H,28,32)(H,30,33,34). The first kappa shape index (κ1) is 21.6. The van der Waals surface area contributed by atoms with Crippen LogP contribution in [0.15, 0.2) is 41.3 Å². The molecule has 3 aromatic heterocycles. The van der Waals surface area contributed by atoms with Gasteiger partial charge in [-0.15, -0.1) is 0 Å². The van der Waals surface area contributed by atoms with E-state index in [1.165, 1.54) is 12.1 Å². The van der Waals surface area contributed by atoms with Crippen molar-refractivity contribution >= 4 is 22.6 Å². The second-order valence-corrected chi connectivity index (χ2v) is 8.31. The summed E-state index contributed by atoms with van der Waals surface area (Å²) < 4.78 is 31.3. The molecule has 1 aliphatic rings. The minimum absolute atomic E-state index is 0.0117. The number of hydrogen-bond donors (Lipinski definition) is 2. The Balaban J connectivity index is 2.00. The molecule has 0 saturated carbocycles. The maximum Gasteiger partial charge on any atom is 0.357 e. The Kier molecular flexibility index (Phi) is 5.07. The van der Waals surface area contributed by atoms with Gasteiger partial charge < -0.3 is 10.4 Å². The Labute approximate surface area is 191 Å². The highest BCUT2D eigenvalue weighted by Gasteiger charge is 2.26. The van der Waals surface area contributed by atoms with E-state index in [0.29, 0.717) is 16.9 Å². The van der Waals surface area contributed by atoms with E-state index < -0.39 is 34.8 Å². The molecule has 1 aromatic carbocycles. The number of benzene rings is 1. The Bertz CT molecular complexity index is 1550. The number of amides is 1. The maximum absolute atomic E-state index is 15.2. The molecule has 0 spiro atoms. The molecule has 0 unspecified atom stereocenters. The molecule has 4 aromatic rings. The van der Waals surface area contributed by atoms with E-state index in [9.17, 15) is 19.1 Å². The topological polar surface area (TPSA) is 110 Å². The Hall–Kier alpha value is -4.21. The number of aryl methyl sites for hydroxylation is 1. The van der Waals surface area contributed by atoms with Gasteiger partial charge in [0.2, 0.25) is 11.8 Å². The van der Waals surface area contributed by atoms with Gasteiger partial charge in [0, 0.05) is 12.6 Å². The number of rotatable bonds is 1. The van der Waals surface area contributed by atoms with E-state index in [1.54, 1.807) is 12.3 Å². The monoisotopic (exact) mass is 463 g/mol. The second kappa shape index (κ2) is 7.98. The molecule has 34 heavy (non-hydrogen) atoms. The smallest absolute Gasteiger partial charge is 0.357 e. The number of pyridine rings is 2. The fraction of sp³-hybridized carbons (Fsp3) is 0.208. The van der Waals surface area contributed by atoms with Crippen molar-refractivity contribution in [1.29, 1.82) is 0 Å². The van der Waals surface area contributed by atoms with Crippen LogP contribution in [-0.2, 0) is 11.2 Å². The molecular formula is C24H19F2N5O3. The van der Waals surface area contributed by atoms with Crippen molar-refractivity contribution < 1.29 is 18.7 Å². The lowest BCUT2D eigenvalue weighted by Gasteiger charge is -2.21. The average Bonchev–Trinajstić information content (AvgIpc) is 2.78. The van der Waals surface area contributed by atoms with Crippen LogP contribution < -0.4 is 11.0 Å². The van der Waals surface area contributed by atoms with E-state index in [2.05, 4.69) is 20.3 Å². The van der Waals surface area contributed by atoms with Gasteiger partial charge in [-0.25, -0.2) is 23.1 Å². The number of nitrogens with one attached hydrogen (secondary N) is 1. The molecule has 0 aliphatic carbocycles. The van der Waals surface area contributed by atoms with Gasteiger partial charge in [0.25, 0.3) is 0 Å². The Morgan fingerprint density at radius 3 is 2.65 bits per heavy atom. The molecule has 172 valence electrons. The lowest BCUT2D eigenvalue weighted by Crippen LogP contribution is -2.26. The van der Waals surface area contributed by atoms with Gasteiger partial charge in [0.05, 0.1) is 28.0 Å². The minimum Gasteiger partial charge on any atom is -0.493 e. The number of nitrogens with zero attached hydrogens (tertiary/aromatic N) is 4. The summed E-state index contributed by atoms with van der Waals surface area (Å²) in [4.78, 5) is 38.2. The fourth-order valence-corrected chi connectivity index (χ4v) is 4.21. The molecule has 10 heteroatoms. The highest BCUT2D eigenvalue weighted by atomic mass is 19.1. The van der Waals surface area contributed by atoms with Crippen molar-refractivity contribution in [3.63, 3.8) is 0 Å². The van der Waals surface area contributed by atoms with Gasteiger partial charge in [-0.3, -0.25) is 9.78 Å². The van der Waals surface area contributed by atoms with Gasteiger partial charge in [-0.1, -0.05) is 19.9 Å². The van der Waals surface area contributed by atoms with Gasteiger partial charge in [-0.2, -0.15) is 4.98 Å². The van der Waals surface area contributed by atoms with Crippen LogP contribution in [0.2, 0.25) is 0 Å². The summed E-state index contributed by atoms with van der Waals surface area (Å²) in [6, 6.07) is 6.59. The zero-order valence-corrected chi connectivity index (χ0v) is 18.3. The molecule has 0 radical (unpaired) electrons. The summed E-state index contributed by atoms with van der Waals surface area (Å²) >= 11 is 0. The SMILES string of the molecule is CC(C)c1nccc2c1-n1c(=O)nc(O)c3cc(F)c(nc31)-c1c(F)cccc1NC(=O)CC2. The van der Waals surface area contributed by atoms with Gasteiger partial charge in [0.1, 0.15) is 11.5 Å². The van der Waals surface area contributed by atoms with E-state index >= 15 is 4.39 Å². The van der Waals surface area contributed by atoms with Crippen molar-refractivity contribution in [3.05, 3.63) is 69.9 Å². The third kappa shape index (κ3) is 3.38. The fourth-order valence-electron chi connectivity index (χ4n) is 4.21. The Morgan fingerprint density at radius 2 is 1.88 bits per heavy atom. The van der Waals surface area contributed by atoms with Crippen LogP contribution in [0.25, 0.3) is 28.0 Å². The molecule has 1 aliphatic heterocycles. The molecule has 0 atom stereocenters. The first-order valence-electron chi connectivity index (χ1n) is 10.7. The minimum atomic E-state index is -0.956. The number of halogens is 2. The number of aromatic nitrogens is 4. The molecule has 0 fully saturated rings. The van der Waals surface area contributed by atoms with E-state index in [4.69, 9.17) is 0 Å². The highest BCUT2D eigenvalue weighted by Crippen LogP contribution is 2.36. The summed E-state index contributed by atoms with van der Waals surface area (Å²) in [5.41, 5.74) is -0.0953. The van der Waals surface area contributed by atoms with Crippen LogP contribution in [0.4, 0.5) is 14.5 Å². The molecule has 5 rings (SSSR count). The predicted octanol–water partition coefficient (Wildman–Crippen LogP) is 3.83. The number of aromatic hydroxyl groups is 1. The van der Waals surface area contributed by atoms with Crippen LogP contribution >= 0.6 is 0 Å². The summed E-state index contributed by atoms with van der Waals surface area (Å²) in [6.45, 7) is 3.77. The molecule has 2 bridgehead atoms. The van der Waals surface area contributed by atoms with Gasteiger partial charge in [0.15, 0.2) is 11.5 Å². The molecule has 0 saturated heterocycles. The molecular weight excluding hydrogens is 444 g/mol. The number of hydrogen-bond acceptors (Lipinski definition) is 6. The second-order valence-electron chi connectivity index (χ2n) is 8.31. The van der Waals surface area contributed by atoms with E-state index in [0.717, 1.165) is 16.7 Å². The number of fused-ring (bicyclic) bond motifs is 5. The van der Waals surface area contributed by atoms with Crippen molar-refractivity contribution in [2.24, 2.45) is 0 Å². The van der Waals surface area contributed by atoms with Crippen LogP contribution in [0.3, 0.4) is 0 Å². The lowest BCUT2D eigenvalue weighted by molar-refractivity contribution is -0.116. The normalized spacial score (nSPS) is 13.3. The molecule has 4 heterocycles. The van der Waals surface area contributed by atoms with Crippen LogP contribution in [-0.4, -0.2) is 30.5 Å². The van der Waals surface area contributed by atoms with Crippen molar-refractivity contribution in [2.45, 2.75) is 32.6 Å². The number of carbonyl (C=O) groups excluding carboxylic acids is 1. The zero-order chi connectivity index (χ0) is 24.1. The summed E-state index contributed by atoms with van der Waals surface area (Å²) in [5, 5.41) is 12.9. The maximum atomic E-state index is 15.2. The Morgan fingerprint density at radius 1 is 1.09 bits per heavy atom. The summed E-state index contributed by atoms with van der Waals surface area (Å²) in [5.74, 6) is -3.01. The molecule has 8 nitrogen and oxygen atoms in total. The van der Waals surface area contributed by atoms with E-state index in [-0.39, 0.29) is 41.0 Å². The number of carbonyl (C=O) groups is 1. The van der Waals surface area contributed by atoms with Gasteiger partial charge in [-0.05, 0) is 42.2 Å². The lowest BCUT2D eigenvalue weighted by atomic mass is 10.00. The van der Waals surface area contributed by atoms with Crippen molar-refractivity contribution in [2.75, 3.05) is 5.32 Å². The summed E-state index contributed by atoms with van der Waals surface area (Å²) in [6.07, 6.45) is 1.83. The molecule has 1 amide bonds. The third-order valence-corrected chi connectivity index (χ3v) is 5.75. The number of anilines is 1. The van der Waals surface area contributed by atoms with E-state index in [1.807, 2.05) is 13.8 Å². The quantitative estimate of drug-likeness (QED) is 0.444. The van der Waals surface area contributed by atoms with Crippen LogP contribution in [0, 0.1) is 11.6 Å². The predicted molar refractivity (Wildman–Crippen MR) is 121 cm³/mol. The molecule has 2 N–H and O–H groups in total. The average molecular weight is 463 g/mol. The largest absolute Gasteiger partial charge is 0.493 e. The van der Waals surface area contributed by atoms with Crippen LogP contribution in [0.5, 0.6) is 5.88 Å².